The minimum Gasteiger partial charge on any atom is -0.388 e. The number of rotatable bonds is 9. The highest BCUT2D eigenvalue weighted by molar-refractivity contribution is 5.91. The molecule has 26 heavy (non-hydrogen) atoms. The molecule has 0 aliphatic heterocycles. The topological polar surface area (TPSA) is 50.2 Å². The molecule has 0 saturated carbocycles. The molecule has 3 heteroatoms. The van der Waals surface area contributed by atoms with E-state index in [0.717, 1.165) is 30.4 Å². The van der Waals surface area contributed by atoms with Gasteiger partial charge in [-0.05, 0) is 55.4 Å². The summed E-state index contributed by atoms with van der Waals surface area (Å²) in [7, 11) is 0. The first-order valence-electron chi connectivity index (χ1n) is 9.66. The summed E-state index contributed by atoms with van der Waals surface area (Å²) in [5.41, 5.74) is 3.24. The molecule has 4 atom stereocenters. The Morgan fingerprint density at radius 2 is 2.15 bits per heavy atom. The summed E-state index contributed by atoms with van der Waals surface area (Å²) < 4.78 is 0. The van der Waals surface area contributed by atoms with Crippen molar-refractivity contribution in [1.29, 1.82) is 0 Å². The van der Waals surface area contributed by atoms with Gasteiger partial charge in [-0.25, -0.2) is 0 Å². The molecule has 0 bridgehead atoms. The third kappa shape index (κ3) is 4.79. The smallest absolute Gasteiger partial charge is 0.158 e. The number of aromatic nitrogens is 1. The molecule has 0 amide bonds. The van der Waals surface area contributed by atoms with Crippen molar-refractivity contribution in [3.05, 3.63) is 65.5 Å². The molecule has 0 aromatic carbocycles. The van der Waals surface area contributed by atoms with Crippen LogP contribution in [0.4, 0.5) is 0 Å². The van der Waals surface area contributed by atoms with E-state index in [2.05, 4.69) is 24.9 Å². The quantitative estimate of drug-likeness (QED) is 0.636. The van der Waals surface area contributed by atoms with Crippen LogP contribution in [-0.2, 0) is 4.79 Å². The van der Waals surface area contributed by atoms with Crippen molar-refractivity contribution >= 4 is 5.78 Å². The number of aliphatic hydroxyl groups is 1. The molecule has 0 radical (unpaired) electrons. The van der Waals surface area contributed by atoms with E-state index in [1.54, 1.807) is 12.3 Å². The van der Waals surface area contributed by atoms with Crippen LogP contribution >= 0.6 is 0 Å². The average molecular weight is 354 g/mol. The number of allylic oxidation sites excluding steroid dienone is 4. The zero-order valence-electron chi connectivity index (χ0n) is 16.4. The van der Waals surface area contributed by atoms with E-state index in [4.69, 9.17) is 0 Å². The minimum atomic E-state index is -0.545. The summed E-state index contributed by atoms with van der Waals surface area (Å²) >= 11 is 0. The van der Waals surface area contributed by atoms with E-state index in [1.165, 1.54) is 5.57 Å². The third-order valence-corrected chi connectivity index (χ3v) is 5.38. The molecule has 140 valence electrons. The molecule has 1 N–H and O–H groups in total. The molecule has 1 heterocycles. The highest BCUT2D eigenvalue weighted by Gasteiger charge is 2.29. The Kier molecular flexibility index (Phi) is 7.52. The monoisotopic (exact) mass is 353 g/mol. The normalized spacial score (nSPS) is 20.6. The minimum absolute atomic E-state index is 0.0146. The number of ketones is 1. The fourth-order valence-electron chi connectivity index (χ4n) is 3.65. The first kappa shape index (κ1) is 20.3. The van der Waals surface area contributed by atoms with Gasteiger partial charge in [0.2, 0.25) is 0 Å². The van der Waals surface area contributed by atoms with E-state index in [-0.39, 0.29) is 23.5 Å². The van der Waals surface area contributed by atoms with Crippen LogP contribution in [-0.4, -0.2) is 22.0 Å². The summed E-state index contributed by atoms with van der Waals surface area (Å²) in [5, 5.41) is 11.0. The van der Waals surface area contributed by atoms with Crippen LogP contribution in [0, 0.1) is 11.8 Å². The molecule has 4 unspecified atom stereocenters. The van der Waals surface area contributed by atoms with Gasteiger partial charge in [0.15, 0.2) is 5.78 Å². The van der Waals surface area contributed by atoms with Crippen molar-refractivity contribution in [2.45, 2.75) is 59.0 Å². The Balaban J connectivity index is 2.11. The van der Waals surface area contributed by atoms with Gasteiger partial charge in [-0.2, -0.15) is 0 Å². The first-order chi connectivity index (χ1) is 12.5. The first-order valence-corrected chi connectivity index (χ1v) is 9.66. The second kappa shape index (κ2) is 9.63. The Labute approximate surface area is 157 Å². The van der Waals surface area contributed by atoms with E-state index in [0.29, 0.717) is 0 Å². The van der Waals surface area contributed by atoms with Crippen molar-refractivity contribution in [2.24, 2.45) is 11.8 Å². The highest BCUT2D eigenvalue weighted by atomic mass is 16.3. The predicted octanol–water partition coefficient (Wildman–Crippen LogP) is 5.00. The molecule has 1 aliphatic carbocycles. The maximum Gasteiger partial charge on any atom is 0.158 e. The zero-order chi connectivity index (χ0) is 19.1. The summed E-state index contributed by atoms with van der Waals surface area (Å²) in [6, 6.07) is 3.94. The molecule has 1 aliphatic rings. The van der Waals surface area contributed by atoms with Crippen molar-refractivity contribution in [3.8, 4) is 0 Å². The molecular weight excluding hydrogens is 322 g/mol. The van der Waals surface area contributed by atoms with Crippen LogP contribution < -0.4 is 0 Å². The van der Waals surface area contributed by atoms with Crippen LogP contribution in [0.15, 0.2) is 60.0 Å². The number of pyridine rings is 1. The fourth-order valence-corrected chi connectivity index (χ4v) is 3.65. The van der Waals surface area contributed by atoms with Gasteiger partial charge in [0.1, 0.15) is 0 Å². The Morgan fingerprint density at radius 1 is 1.38 bits per heavy atom. The zero-order valence-corrected chi connectivity index (χ0v) is 16.4. The van der Waals surface area contributed by atoms with Gasteiger partial charge in [0, 0.05) is 24.2 Å². The van der Waals surface area contributed by atoms with Gasteiger partial charge in [0.05, 0.1) is 6.10 Å². The van der Waals surface area contributed by atoms with Crippen molar-refractivity contribution in [1.82, 2.24) is 4.98 Å². The van der Waals surface area contributed by atoms with Gasteiger partial charge in [-0.1, -0.05) is 50.6 Å². The van der Waals surface area contributed by atoms with Crippen LogP contribution in [0.2, 0.25) is 0 Å². The van der Waals surface area contributed by atoms with Crippen molar-refractivity contribution in [2.75, 3.05) is 0 Å². The van der Waals surface area contributed by atoms with Crippen LogP contribution in [0.1, 0.15) is 58.4 Å². The van der Waals surface area contributed by atoms with Gasteiger partial charge >= 0.3 is 0 Å². The van der Waals surface area contributed by atoms with Crippen LogP contribution in [0.3, 0.4) is 0 Å². The lowest BCUT2D eigenvalue weighted by molar-refractivity contribution is -0.118. The Morgan fingerprint density at radius 3 is 2.77 bits per heavy atom. The fraction of sp³-hybridized carbons (Fsp3) is 0.478. The van der Waals surface area contributed by atoms with Crippen molar-refractivity contribution < 1.29 is 9.90 Å². The van der Waals surface area contributed by atoms with Gasteiger partial charge in [0.25, 0.3) is 0 Å². The molecular formula is C23H31NO2. The van der Waals surface area contributed by atoms with E-state index < -0.39 is 6.10 Å². The molecule has 1 aromatic rings. The SMILES string of the molecule is CC/C=C\C(=O)C(C)CC1C=CC(C(O)C(CC)c2cccnc2)=C1C. The summed E-state index contributed by atoms with van der Waals surface area (Å²) in [4.78, 5) is 16.4. The average Bonchev–Trinajstić information content (AvgIpc) is 3.01. The number of hydrogen-bond donors (Lipinski definition) is 1. The van der Waals surface area contributed by atoms with E-state index in [1.807, 2.05) is 44.3 Å². The number of carbonyl (C=O) groups excluding carboxylic acids is 1. The number of carbonyl (C=O) groups is 1. The summed E-state index contributed by atoms with van der Waals surface area (Å²) in [6.45, 7) is 8.19. The predicted molar refractivity (Wildman–Crippen MR) is 107 cm³/mol. The maximum atomic E-state index is 12.2. The van der Waals surface area contributed by atoms with Crippen LogP contribution in [0.5, 0.6) is 0 Å². The molecule has 0 spiro atoms. The van der Waals surface area contributed by atoms with Gasteiger partial charge < -0.3 is 5.11 Å². The number of aliphatic hydroxyl groups excluding tert-OH is 1. The van der Waals surface area contributed by atoms with Crippen LogP contribution in [0.25, 0.3) is 0 Å². The number of hydrogen-bond acceptors (Lipinski definition) is 3. The van der Waals surface area contributed by atoms with E-state index >= 15 is 0 Å². The lowest BCUT2D eigenvalue weighted by Crippen LogP contribution is -2.21. The lowest BCUT2D eigenvalue weighted by atomic mass is 9.84. The molecule has 3 nitrogen and oxygen atoms in total. The highest BCUT2D eigenvalue weighted by Crippen LogP contribution is 2.36. The second-order valence-electron chi connectivity index (χ2n) is 7.20. The second-order valence-corrected chi connectivity index (χ2v) is 7.20. The van der Waals surface area contributed by atoms with Gasteiger partial charge in [-0.15, -0.1) is 0 Å². The summed E-state index contributed by atoms with van der Waals surface area (Å²) in [6.07, 6.45) is 13.4. The lowest BCUT2D eigenvalue weighted by Gasteiger charge is -2.24. The Bertz CT molecular complexity index is 687. The standard InChI is InChI=1S/C23H31NO2/c1-5-7-10-22(25)16(3)14-18-11-12-21(17(18)4)23(26)20(6-2)19-9-8-13-24-15-19/h7-13,15-16,18,20,23,26H,5-6,14H2,1-4H3/b10-7-. The van der Waals surface area contributed by atoms with Crippen molar-refractivity contribution in [3.63, 3.8) is 0 Å². The Hall–Kier alpha value is -2.00. The molecule has 0 fully saturated rings. The maximum absolute atomic E-state index is 12.2. The van der Waals surface area contributed by atoms with E-state index in [9.17, 15) is 9.90 Å². The molecule has 0 saturated heterocycles. The van der Waals surface area contributed by atoms with Gasteiger partial charge in [-0.3, -0.25) is 9.78 Å². The summed E-state index contributed by atoms with van der Waals surface area (Å²) in [5.74, 6) is 0.423. The largest absolute Gasteiger partial charge is 0.388 e. The number of nitrogens with zero attached hydrogens (tertiary/aromatic N) is 1. The molecule has 2 rings (SSSR count). The molecule has 1 aromatic heterocycles. The third-order valence-electron chi connectivity index (χ3n) is 5.38.